The van der Waals surface area contributed by atoms with E-state index in [-0.39, 0.29) is 16.9 Å². The van der Waals surface area contributed by atoms with Gasteiger partial charge in [-0.3, -0.25) is 9.59 Å². The second-order valence-electron chi connectivity index (χ2n) is 5.61. The van der Waals surface area contributed by atoms with E-state index in [2.05, 4.69) is 15.5 Å². The minimum Gasteiger partial charge on any atom is -0.325 e. The minimum atomic E-state index is -0.325. The van der Waals surface area contributed by atoms with Gasteiger partial charge in [-0.1, -0.05) is 30.3 Å². The van der Waals surface area contributed by atoms with Gasteiger partial charge < -0.3 is 5.32 Å². The quantitative estimate of drug-likeness (QED) is 0.556. The number of hydrogen-bond acceptors (Lipinski definition) is 5. The number of hydrogen-bond donors (Lipinski definition) is 1. The van der Waals surface area contributed by atoms with Gasteiger partial charge in [0.15, 0.2) is 5.78 Å². The van der Waals surface area contributed by atoms with E-state index < -0.39 is 0 Å². The van der Waals surface area contributed by atoms with Crippen molar-refractivity contribution in [1.82, 2.24) is 10.2 Å². The van der Waals surface area contributed by atoms with Gasteiger partial charge in [0.2, 0.25) is 5.91 Å². The van der Waals surface area contributed by atoms with Crippen LogP contribution in [0.1, 0.15) is 24.2 Å². The number of amides is 1. The molecule has 2 aromatic carbocycles. The van der Waals surface area contributed by atoms with Crippen LogP contribution in [0.3, 0.4) is 0 Å². The van der Waals surface area contributed by atoms with Crippen LogP contribution < -0.4 is 5.32 Å². The average molecular weight is 351 g/mol. The second-order valence-corrected chi connectivity index (χ2v) is 6.99. The number of nitrogens with one attached hydrogen (secondary N) is 1. The van der Waals surface area contributed by atoms with Crippen molar-refractivity contribution in [2.24, 2.45) is 0 Å². The van der Waals surface area contributed by atoms with E-state index in [0.29, 0.717) is 11.3 Å². The van der Waals surface area contributed by atoms with Gasteiger partial charge in [-0.05, 0) is 32.0 Å². The molecule has 1 heterocycles. The molecule has 0 bridgehead atoms. The first kappa shape index (κ1) is 17.1. The summed E-state index contributed by atoms with van der Waals surface area (Å²) in [6.07, 6.45) is 1.67. The van der Waals surface area contributed by atoms with Crippen LogP contribution in [0.4, 0.5) is 5.69 Å². The zero-order chi connectivity index (χ0) is 17.8. The molecule has 0 saturated heterocycles. The van der Waals surface area contributed by atoms with Crippen molar-refractivity contribution >= 4 is 40.0 Å². The Morgan fingerprint density at radius 1 is 1.12 bits per heavy atom. The van der Waals surface area contributed by atoms with Crippen molar-refractivity contribution in [3.63, 3.8) is 0 Å². The van der Waals surface area contributed by atoms with Crippen molar-refractivity contribution in [2.45, 2.75) is 24.0 Å². The summed E-state index contributed by atoms with van der Waals surface area (Å²) < 4.78 is 0. The van der Waals surface area contributed by atoms with Crippen molar-refractivity contribution in [3.8, 4) is 0 Å². The summed E-state index contributed by atoms with van der Waals surface area (Å²) in [5.74, 6) is -0.167. The third-order valence-corrected chi connectivity index (χ3v) is 4.87. The van der Waals surface area contributed by atoms with Crippen LogP contribution >= 0.6 is 11.8 Å². The highest BCUT2D eigenvalue weighted by Gasteiger charge is 2.17. The van der Waals surface area contributed by atoms with Gasteiger partial charge >= 0.3 is 0 Å². The Kier molecular flexibility index (Phi) is 5.09. The van der Waals surface area contributed by atoms with Gasteiger partial charge in [-0.2, -0.15) is 10.2 Å². The third-order valence-electron chi connectivity index (χ3n) is 3.72. The molecule has 0 spiro atoms. The van der Waals surface area contributed by atoms with E-state index in [1.165, 1.54) is 18.7 Å². The highest BCUT2D eigenvalue weighted by atomic mass is 32.2. The van der Waals surface area contributed by atoms with Gasteiger partial charge in [0.1, 0.15) is 0 Å². The van der Waals surface area contributed by atoms with Gasteiger partial charge in [0.25, 0.3) is 0 Å². The first-order valence-corrected chi connectivity index (χ1v) is 8.71. The van der Waals surface area contributed by atoms with Gasteiger partial charge in [0.05, 0.1) is 17.0 Å². The van der Waals surface area contributed by atoms with Crippen LogP contribution in [-0.2, 0) is 4.79 Å². The maximum atomic E-state index is 12.5. The molecule has 0 saturated carbocycles. The van der Waals surface area contributed by atoms with Crippen LogP contribution in [0.15, 0.2) is 59.6 Å². The third kappa shape index (κ3) is 4.03. The average Bonchev–Trinajstić information content (AvgIpc) is 2.62. The molecule has 0 aliphatic rings. The Morgan fingerprint density at radius 2 is 1.92 bits per heavy atom. The molecule has 1 N–H and O–H groups in total. The number of rotatable bonds is 5. The zero-order valence-electron chi connectivity index (χ0n) is 13.9. The van der Waals surface area contributed by atoms with Crippen molar-refractivity contribution in [3.05, 3.63) is 60.3 Å². The Balaban J connectivity index is 1.74. The molecule has 0 aliphatic carbocycles. The molecule has 0 fully saturated rings. The molecular formula is C19H17N3O2S. The predicted octanol–water partition coefficient (Wildman–Crippen LogP) is 3.95. The summed E-state index contributed by atoms with van der Waals surface area (Å²) in [5.41, 5.74) is 1.99. The van der Waals surface area contributed by atoms with E-state index in [4.69, 9.17) is 0 Å². The number of thioether (sulfide) groups is 1. The topological polar surface area (TPSA) is 72.0 Å². The van der Waals surface area contributed by atoms with Gasteiger partial charge in [0, 0.05) is 21.5 Å². The fourth-order valence-electron chi connectivity index (χ4n) is 2.38. The largest absolute Gasteiger partial charge is 0.325 e. The lowest BCUT2D eigenvalue weighted by Gasteiger charge is -2.13. The molecule has 1 aromatic heterocycles. The number of benzene rings is 2. The fraction of sp³-hybridized carbons (Fsp3) is 0.158. The number of carbonyl (C=O) groups excluding carboxylic acids is 2. The summed E-state index contributed by atoms with van der Waals surface area (Å²) in [6.45, 7) is 3.34. The lowest BCUT2D eigenvalue weighted by molar-refractivity contribution is -0.115. The van der Waals surface area contributed by atoms with E-state index in [1.54, 1.807) is 30.5 Å². The maximum absolute atomic E-state index is 12.5. The van der Waals surface area contributed by atoms with Crippen LogP contribution in [0.5, 0.6) is 0 Å². The molecule has 0 radical (unpaired) electrons. The molecule has 0 aliphatic heterocycles. The Morgan fingerprint density at radius 3 is 2.72 bits per heavy atom. The summed E-state index contributed by atoms with van der Waals surface area (Å²) in [7, 11) is 0. The molecular weight excluding hydrogens is 334 g/mol. The molecule has 6 heteroatoms. The van der Waals surface area contributed by atoms with Crippen LogP contribution in [-0.4, -0.2) is 27.1 Å². The Bertz CT molecular complexity index is 937. The molecule has 126 valence electrons. The van der Waals surface area contributed by atoms with Crippen molar-refractivity contribution in [1.29, 1.82) is 0 Å². The molecule has 3 rings (SSSR count). The number of aromatic nitrogens is 2. The van der Waals surface area contributed by atoms with Crippen molar-refractivity contribution < 1.29 is 9.59 Å². The smallest absolute Gasteiger partial charge is 0.237 e. The van der Waals surface area contributed by atoms with Gasteiger partial charge in [-0.25, -0.2) is 0 Å². The molecule has 25 heavy (non-hydrogen) atoms. The number of carbonyl (C=O) groups is 2. The van der Waals surface area contributed by atoms with E-state index in [1.807, 2.05) is 31.2 Å². The summed E-state index contributed by atoms with van der Waals surface area (Å²) in [6, 6.07) is 14.6. The van der Waals surface area contributed by atoms with Crippen LogP contribution in [0.2, 0.25) is 0 Å². The van der Waals surface area contributed by atoms with E-state index >= 15 is 0 Å². The molecule has 1 unspecified atom stereocenters. The molecule has 1 amide bonds. The lowest BCUT2D eigenvalue weighted by atomic mass is 10.1. The van der Waals surface area contributed by atoms with Crippen LogP contribution in [0, 0.1) is 0 Å². The summed E-state index contributed by atoms with van der Waals surface area (Å²) >= 11 is 1.43. The number of anilines is 1. The summed E-state index contributed by atoms with van der Waals surface area (Å²) in [5, 5.41) is 11.6. The highest BCUT2D eigenvalue weighted by Crippen LogP contribution is 2.29. The number of fused-ring (bicyclic) bond motifs is 1. The van der Waals surface area contributed by atoms with E-state index in [9.17, 15) is 9.59 Å². The monoisotopic (exact) mass is 351 g/mol. The Labute approximate surface area is 149 Å². The lowest BCUT2D eigenvalue weighted by Crippen LogP contribution is -2.22. The Hall–Kier alpha value is -2.73. The predicted molar refractivity (Wildman–Crippen MR) is 99.9 cm³/mol. The fourth-order valence-corrected chi connectivity index (χ4v) is 3.33. The first-order chi connectivity index (χ1) is 12.0. The van der Waals surface area contributed by atoms with Gasteiger partial charge in [-0.15, -0.1) is 11.8 Å². The minimum absolute atomic E-state index is 0.0344. The SMILES string of the molecule is CC(=O)c1cccc(NC(=O)C(C)Sc2cnnc3ccccc23)c1. The second kappa shape index (κ2) is 7.44. The zero-order valence-corrected chi connectivity index (χ0v) is 14.7. The standard InChI is InChI=1S/C19H17N3O2S/c1-12(23)14-6-5-7-15(10-14)21-19(24)13(2)25-18-11-20-22-17-9-4-3-8-16(17)18/h3-11,13H,1-2H3,(H,21,24). The summed E-state index contributed by atoms with van der Waals surface area (Å²) in [4.78, 5) is 24.8. The number of ketones is 1. The highest BCUT2D eigenvalue weighted by molar-refractivity contribution is 8.00. The van der Waals surface area contributed by atoms with Crippen LogP contribution in [0.25, 0.3) is 10.9 Å². The maximum Gasteiger partial charge on any atom is 0.237 e. The number of Topliss-reactive ketones (excluding diaryl/α,β-unsaturated/α-hetero) is 1. The molecule has 1 atom stereocenters. The molecule has 5 nitrogen and oxygen atoms in total. The number of nitrogens with zero attached hydrogens (tertiary/aromatic N) is 2. The normalized spacial score (nSPS) is 11.9. The van der Waals surface area contributed by atoms with E-state index in [0.717, 1.165) is 15.8 Å². The molecule has 3 aromatic rings. The van der Waals surface area contributed by atoms with Crippen molar-refractivity contribution in [2.75, 3.05) is 5.32 Å². The first-order valence-electron chi connectivity index (χ1n) is 7.83.